The number of nitrogens with two attached hydrogens (primary N) is 1. The summed E-state index contributed by atoms with van der Waals surface area (Å²) in [4.78, 5) is 1.24. The molecule has 0 fully saturated rings. The molecule has 1 rings (SSSR count). The van der Waals surface area contributed by atoms with Gasteiger partial charge in [-0.05, 0) is 25.1 Å². The number of alkyl halides is 3. The van der Waals surface area contributed by atoms with Crippen LogP contribution in [0, 0.1) is 0 Å². The van der Waals surface area contributed by atoms with Gasteiger partial charge in [0.1, 0.15) is 0 Å². The zero-order chi connectivity index (χ0) is 12.2. The minimum atomic E-state index is -4.14. The summed E-state index contributed by atoms with van der Waals surface area (Å²) in [6.45, 7) is -0.548. The summed E-state index contributed by atoms with van der Waals surface area (Å²) in [5.41, 5.74) is 7.21. The molecular weight excluding hydrogens is 217 g/mol. The van der Waals surface area contributed by atoms with Crippen LogP contribution in [0.2, 0.25) is 0 Å². The number of benzene rings is 1. The number of anilines is 1. The van der Waals surface area contributed by atoms with E-state index in [0.29, 0.717) is 18.7 Å². The molecule has 0 aliphatic rings. The fraction of sp³-hybridized carbons (Fsp3) is 0.455. The van der Waals surface area contributed by atoms with Gasteiger partial charge in [-0.1, -0.05) is 18.2 Å². The van der Waals surface area contributed by atoms with Gasteiger partial charge in [-0.2, -0.15) is 13.2 Å². The molecule has 0 heterocycles. The Morgan fingerprint density at radius 3 is 2.44 bits per heavy atom. The van der Waals surface area contributed by atoms with Gasteiger partial charge in [0.05, 0.1) is 6.54 Å². The van der Waals surface area contributed by atoms with Crippen LogP contribution in [0.3, 0.4) is 0 Å². The average molecular weight is 232 g/mol. The third kappa shape index (κ3) is 4.53. The van der Waals surface area contributed by atoms with Crippen molar-refractivity contribution < 1.29 is 13.2 Å². The highest BCUT2D eigenvalue weighted by Gasteiger charge is 2.28. The molecule has 5 heteroatoms. The van der Waals surface area contributed by atoms with Crippen LogP contribution in [-0.2, 0) is 6.42 Å². The zero-order valence-corrected chi connectivity index (χ0v) is 9.09. The first-order chi connectivity index (χ1) is 7.38. The van der Waals surface area contributed by atoms with Gasteiger partial charge in [-0.15, -0.1) is 0 Å². The van der Waals surface area contributed by atoms with Gasteiger partial charge in [0, 0.05) is 12.2 Å². The number of hydrogen-bond acceptors (Lipinski definition) is 2. The number of hydrogen-bond donors (Lipinski definition) is 1. The number of rotatable bonds is 4. The fourth-order valence-electron chi connectivity index (χ4n) is 1.46. The van der Waals surface area contributed by atoms with Crippen LogP contribution < -0.4 is 5.73 Å². The predicted molar refractivity (Wildman–Crippen MR) is 58.1 cm³/mol. The number of nitrogens with zero attached hydrogens (tertiary/aromatic N) is 1. The van der Waals surface area contributed by atoms with Gasteiger partial charge >= 0.3 is 6.18 Å². The van der Waals surface area contributed by atoms with E-state index >= 15 is 0 Å². The van der Waals surface area contributed by atoms with Gasteiger partial charge in [0.2, 0.25) is 0 Å². The first-order valence-corrected chi connectivity index (χ1v) is 4.97. The topological polar surface area (TPSA) is 29.3 Å². The lowest BCUT2D eigenvalue weighted by Crippen LogP contribution is -2.32. The molecule has 0 atom stereocenters. The Morgan fingerprint density at radius 1 is 1.25 bits per heavy atom. The van der Waals surface area contributed by atoms with Gasteiger partial charge in [0.25, 0.3) is 0 Å². The van der Waals surface area contributed by atoms with Crippen molar-refractivity contribution in [3.05, 3.63) is 29.8 Å². The molecule has 16 heavy (non-hydrogen) atoms. The Bertz CT molecular complexity index is 336. The van der Waals surface area contributed by atoms with E-state index in [9.17, 15) is 13.2 Å². The molecule has 2 N–H and O–H groups in total. The summed E-state index contributed by atoms with van der Waals surface area (Å²) in [6.07, 6.45) is -3.61. The van der Waals surface area contributed by atoms with Crippen molar-refractivity contribution in [3.8, 4) is 0 Å². The van der Waals surface area contributed by atoms with Gasteiger partial charge in [0.15, 0.2) is 0 Å². The van der Waals surface area contributed by atoms with E-state index in [4.69, 9.17) is 5.73 Å². The van der Waals surface area contributed by atoms with E-state index in [1.165, 1.54) is 11.9 Å². The second-order valence-corrected chi connectivity index (χ2v) is 3.80. The Balaban J connectivity index is 2.43. The highest BCUT2D eigenvalue weighted by atomic mass is 19.4. The standard InChI is InChI=1S/C11H15F3N2/c1-16(8-11(12,13)14)7-6-9-4-2-3-5-10(9)15/h2-5H,6-8,15H2,1H3. The molecular formula is C11H15F3N2. The first-order valence-electron chi connectivity index (χ1n) is 4.97. The SMILES string of the molecule is CN(CCc1ccccc1N)CC(F)(F)F. The van der Waals surface area contributed by atoms with E-state index in [2.05, 4.69) is 0 Å². The smallest absolute Gasteiger partial charge is 0.399 e. The van der Waals surface area contributed by atoms with Crippen molar-refractivity contribution in [1.29, 1.82) is 0 Å². The van der Waals surface area contributed by atoms with Crippen LogP contribution in [0.15, 0.2) is 24.3 Å². The maximum absolute atomic E-state index is 12.0. The lowest BCUT2D eigenvalue weighted by Gasteiger charge is -2.18. The van der Waals surface area contributed by atoms with E-state index in [1.54, 1.807) is 12.1 Å². The number of likely N-dealkylation sites (N-methyl/N-ethyl adjacent to an activating group) is 1. The van der Waals surface area contributed by atoms with Crippen molar-refractivity contribution in [3.63, 3.8) is 0 Å². The summed E-state index contributed by atoms with van der Waals surface area (Å²) < 4.78 is 36.1. The lowest BCUT2D eigenvalue weighted by atomic mass is 10.1. The Labute approximate surface area is 92.9 Å². The highest BCUT2D eigenvalue weighted by Crippen LogP contribution is 2.16. The first kappa shape index (κ1) is 12.8. The van der Waals surface area contributed by atoms with Crippen LogP contribution in [-0.4, -0.2) is 31.2 Å². The molecule has 0 bridgehead atoms. The normalized spacial score (nSPS) is 12.1. The molecule has 0 spiro atoms. The summed E-state index contributed by atoms with van der Waals surface area (Å²) in [7, 11) is 1.45. The van der Waals surface area contributed by atoms with Crippen LogP contribution >= 0.6 is 0 Å². The van der Waals surface area contributed by atoms with Crippen LogP contribution in [0.1, 0.15) is 5.56 Å². The van der Waals surface area contributed by atoms with E-state index in [0.717, 1.165) is 5.56 Å². The third-order valence-electron chi connectivity index (χ3n) is 2.27. The van der Waals surface area contributed by atoms with Crippen LogP contribution in [0.4, 0.5) is 18.9 Å². The molecule has 0 saturated carbocycles. The predicted octanol–water partition coefficient (Wildman–Crippen LogP) is 2.31. The summed E-state index contributed by atoms with van der Waals surface area (Å²) in [6, 6.07) is 7.21. The summed E-state index contributed by atoms with van der Waals surface area (Å²) in [5.74, 6) is 0. The maximum atomic E-state index is 12.0. The van der Waals surface area contributed by atoms with Crippen molar-refractivity contribution in [2.75, 3.05) is 25.9 Å². The maximum Gasteiger partial charge on any atom is 0.401 e. The van der Waals surface area contributed by atoms with E-state index < -0.39 is 12.7 Å². The Kier molecular flexibility index (Phi) is 4.18. The number of nitrogen functional groups attached to an aromatic ring is 1. The lowest BCUT2D eigenvalue weighted by molar-refractivity contribution is -0.142. The molecule has 1 aromatic carbocycles. The van der Waals surface area contributed by atoms with Gasteiger partial charge in [-0.25, -0.2) is 0 Å². The second-order valence-electron chi connectivity index (χ2n) is 3.80. The summed E-state index contributed by atoms with van der Waals surface area (Å²) in [5, 5.41) is 0. The van der Waals surface area contributed by atoms with E-state index in [-0.39, 0.29) is 0 Å². The minimum Gasteiger partial charge on any atom is -0.399 e. The van der Waals surface area contributed by atoms with Gasteiger partial charge < -0.3 is 5.73 Å². The van der Waals surface area contributed by atoms with Crippen LogP contribution in [0.25, 0.3) is 0 Å². The summed E-state index contributed by atoms with van der Waals surface area (Å²) >= 11 is 0. The second kappa shape index (κ2) is 5.21. The monoisotopic (exact) mass is 232 g/mol. The van der Waals surface area contributed by atoms with Crippen molar-refractivity contribution in [1.82, 2.24) is 4.90 Å². The fourth-order valence-corrected chi connectivity index (χ4v) is 1.46. The average Bonchev–Trinajstić information content (AvgIpc) is 2.14. The molecule has 1 aromatic rings. The molecule has 0 radical (unpaired) electrons. The quantitative estimate of drug-likeness (QED) is 0.807. The largest absolute Gasteiger partial charge is 0.401 e. The third-order valence-corrected chi connectivity index (χ3v) is 2.27. The molecule has 90 valence electrons. The number of para-hydroxylation sites is 1. The number of halogens is 3. The Hall–Kier alpha value is -1.23. The molecule has 0 saturated heterocycles. The minimum absolute atomic E-state index is 0.341. The molecule has 0 unspecified atom stereocenters. The van der Waals surface area contributed by atoms with Crippen molar-refractivity contribution >= 4 is 5.69 Å². The molecule has 2 nitrogen and oxygen atoms in total. The van der Waals surface area contributed by atoms with E-state index in [1.807, 2.05) is 12.1 Å². The highest BCUT2D eigenvalue weighted by molar-refractivity contribution is 5.46. The zero-order valence-electron chi connectivity index (χ0n) is 9.09. The van der Waals surface area contributed by atoms with Crippen molar-refractivity contribution in [2.24, 2.45) is 0 Å². The Morgan fingerprint density at radius 2 is 1.88 bits per heavy atom. The molecule has 0 aliphatic carbocycles. The molecule has 0 aliphatic heterocycles. The molecule has 0 aromatic heterocycles. The van der Waals surface area contributed by atoms with Crippen molar-refractivity contribution in [2.45, 2.75) is 12.6 Å². The molecule has 0 amide bonds. The van der Waals surface area contributed by atoms with Gasteiger partial charge in [-0.3, -0.25) is 4.90 Å². The van der Waals surface area contributed by atoms with Crippen LogP contribution in [0.5, 0.6) is 0 Å².